The third-order valence-electron chi connectivity index (χ3n) is 7.61. The van der Waals surface area contributed by atoms with E-state index in [4.69, 9.17) is 4.74 Å². The third-order valence-corrected chi connectivity index (χ3v) is 7.61. The summed E-state index contributed by atoms with van der Waals surface area (Å²) in [5.41, 5.74) is 0.454. The Balaban J connectivity index is 1.14. The lowest BCUT2D eigenvalue weighted by Gasteiger charge is -2.39. The number of anilines is 1. The molecular formula is C26H34FN7O3. The van der Waals surface area contributed by atoms with Gasteiger partial charge < -0.3 is 19.6 Å². The molecule has 2 aliphatic heterocycles. The van der Waals surface area contributed by atoms with E-state index in [1.807, 2.05) is 35.2 Å². The average Bonchev–Trinajstić information content (AvgIpc) is 3.35. The summed E-state index contributed by atoms with van der Waals surface area (Å²) in [6, 6.07) is 11.6. The van der Waals surface area contributed by atoms with E-state index in [9.17, 15) is 14.3 Å². The van der Waals surface area contributed by atoms with Crippen molar-refractivity contribution in [1.82, 2.24) is 29.6 Å². The fraction of sp³-hybridized carbons (Fsp3) is 0.538. The van der Waals surface area contributed by atoms with E-state index in [1.165, 1.54) is 4.52 Å². The monoisotopic (exact) mass is 511 g/mol. The van der Waals surface area contributed by atoms with Crippen LogP contribution in [0.4, 0.5) is 10.2 Å². The Labute approximate surface area is 215 Å². The Kier molecular flexibility index (Phi) is 7.25. The lowest BCUT2D eigenvalue weighted by Crippen LogP contribution is -2.52. The molecule has 11 heteroatoms. The fourth-order valence-electron chi connectivity index (χ4n) is 5.13. The van der Waals surface area contributed by atoms with E-state index in [0.717, 1.165) is 37.5 Å². The van der Waals surface area contributed by atoms with Gasteiger partial charge in [-0.15, -0.1) is 15.3 Å². The number of ether oxygens (including phenoxy) is 1. The number of rotatable bonds is 7. The van der Waals surface area contributed by atoms with Crippen molar-refractivity contribution in [3.05, 3.63) is 47.8 Å². The smallest absolute Gasteiger partial charge is 0.219 e. The van der Waals surface area contributed by atoms with Crippen LogP contribution in [-0.2, 0) is 17.1 Å². The molecule has 1 aromatic carbocycles. The molecule has 1 N–H and O–H groups in total. The molecule has 2 aliphatic rings. The van der Waals surface area contributed by atoms with Crippen LogP contribution in [-0.4, -0.2) is 92.5 Å². The predicted octanol–water partition coefficient (Wildman–Crippen LogP) is 2.01. The van der Waals surface area contributed by atoms with E-state index in [-0.39, 0.29) is 17.8 Å². The molecule has 10 nitrogen and oxygen atoms in total. The summed E-state index contributed by atoms with van der Waals surface area (Å²) in [5.74, 6) is 1.80. The van der Waals surface area contributed by atoms with Crippen molar-refractivity contribution < 1.29 is 19.0 Å². The molecule has 3 aromatic rings. The van der Waals surface area contributed by atoms with Gasteiger partial charge in [-0.1, -0.05) is 12.1 Å². The van der Waals surface area contributed by atoms with E-state index in [0.29, 0.717) is 44.0 Å². The summed E-state index contributed by atoms with van der Waals surface area (Å²) >= 11 is 0. The van der Waals surface area contributed by atoms with Gasteiger partial charge in [-0.2, -0.15) is 4.52 Å². The minimum atomic E-state index is -0.927. The summed E-state index contributed by atoms with van der Waals surface area (Å²) < 4.78 is 20.6. The molecular weight excluding hydrogens is 477 g/mol. The Morgan fingerprint density at radius 2 is 1.76 bits per heavy atom. The molecule has 1 atom stereocenters. The van der Waals surface area contributed by atoms with Gasteiger partial charge in [0, 0.05) is 52.2 Å². The van der Waals surface area contributed by atoms with Gasteiger partial charge in [-0.25, -0.2) is 4.39 Å². The second kappa shape index (κ2) is 10.6. The average molecular weight is 512 g/mol. The molecule has 5 rings (SSSR count). The van der Waals surface area contributed by atoms with E-state index in [2.05, 4.69) is 32.0 Å². The standard InChI is InChI=1S/C26H34FN7O3/c1-19(31-13-15-32(16-14-31)20(2)35)18-37-22-5-3-21(4-6-22)26(36)9-11-33(12-10-26)24-8-7-23-28-29-25(17-27)34(23)30-24/h3-8,19,36H,9-18H2,1-2H3/t19-/m1/s1. The van der Waals surface area contributed by atoms with Crippen LogP contribution in [0.1, 0.15) is 38.1 Å². The molecule has 0 saturated carbocycles. The van der Waals surface area contributed by atoms with Gasteiger partial charge in [0.05, 0.1) is 5.60 Å². The zero-order chi connectivity index (χ0) is 26.0. The van der Waals surface area contributed by atoms with Crippen molar-refractivity contribution in [2.45, 2.75) is 45.0 Å². The first-order valence-corrected chi connectivity index (χ1v) is 12.8. The number of halogens is 1. The molecule has 37 heavy (non-hydrogen) atoms. The summed E-state index contributed by atoms with van der Waals surface area (Å²) in [4.78, 5) is 17.8. The first-order chi connectivity index (χ1) is 17.9. The number of nitrogens with zero attached hydrogens (tertiary/aromatic N) is 7. The van der Waals surface area contributed by atoms with Gasteiger partial charge in [-0.3, -0.25) is 9.69 Å². The van der Waals surface area contributed by atoms with Crippen molar-refractivity contribution in [2.24, 2.45) is 0 Å². The number of carbonyl (C=O) groups excluding carboxylic acids is 1. The molecule has 0 unspecified atom stereocenters. The minimum Gasteiger partial charge on any atom is -0.492 e. The molecule has 1 amide bonds. The van der Waals surface area contributed by atoms with Crippen LogP contribution in [0.5, 0.6) is 5.75 Å². The van der Waals surface area contributed by atoms with E-state index in [1.54, 1.807) is 13.0 Å². The predicted molar refractivity (Wildman–Crippen MR) is 136 cm³/mol. The number of alkyl halides is 1. The van der Waals surface area contributed by atoms with Crippen LogP contribution in [0.25, 0.3) is 5.65 Å². The summed E-state index contributed by atoms with van der Waals surface area (Å²) in [5, 5.41) is 23.6. The van der Waals surface area contributed by atoms with Crippen molar-refractivity contribution in [1.29, 1.82) is 0 Å². The fourth-order valence-corrected chi connectivity index (χ4v) is 5.13. The third kappa shape index (κ3) is 5.37. The van der Waals surface area contributed by atoms with Crippen LogP contribution in [0.2, 0.25) is 0 Å². The highest BCUT2D eigenvalue weighted by atomic mass is 19.1. The number of aromatic nitrogens is 4. The molecule has 0 spiro atoms. The SMILES string of the molecule is CC(=O)N1CCN([C@H](C)COc2ccc(C3(O)CCN(c4ccc5nnc(CF)n5n4)CC3)cc2)CC1. The largest absolute Gasteiger partial charge is 0.492 e. The minimum absolute atomic E-state index is 0.133. The number of benzene rings is 1. The zero-order valence-corrected chi connectivity index (χ0v) is 21.4. The maximum absolute atomic E-state index is 13.2. The van der Waals surface area contributed by atoms with Gasteiger partial charge in [0.25, 0.3) is 0 Å². The van der Waals surface area contributed by atoms with Crippen molar-refractivity contribution in [2.75, 3.05) is 50.8 Å². The van der Waals surface area contributed by atoms with Crippen molar-refractivity contribution in [3.8, 4) is 5.75 Å². The van der Waals surface area contributed by atoms with Gasteiger partial charge in [0.1, 0.15) is 18.2 Å². The molecule has 4 heterocycles. The molecule has 2 aromatic heterocycles. The molecule has 0 aliphatic carbocycles. The maximum Gasteiger partial charge on any atom is 0.219 e. The maximum atomic E-state index is 13.2. The lowest BCUT2D eigenvalue weighted by atomic mass is 9.84. The highest BCUT2D eigenvalue weighted by Gasteiger charge is 2.34. The van der Waals surface area contributed by atoms with E-state index >= 15 is 0 Å². The van der Waals surface area contributed by atoms with Crippen LogP contribution in [0.3, 0.4) is 0 Å². The number of hydrogen-bond donors (Lipinski definition) is 1. The number of amides is 1. The van der Waals surface area contributed by atoms with Crippen LogP contribution in [0, 0.1) is 0 Å². The van der Waals surface area contributed by atoms with Crippen LogP contribution in [0.15, 0.2) is 36.4 Å². The second-order valence-corrected chi connectivity index (χ2v) is 9.96. The summed E-state index contributed by atoms with van der Waals surface area (Å²) in [6.45, 7) is 8.06. The highest BCUT2D eigenvalue weighted by Crippen LogP contribution is 2.35. The van der Waals surface area contributed by atoms with Gasteiger partial charge >= 0.3 is 0 Å². The van der Waals surface area contributed by atoms with Gasteiger partial charge in [0.15, 0.2) is 18.1 Å². The van der Waals surface area contributed by atoms with Crippen molar-refractivity contribution in [3.63, 3.8) is 0 Å². The molecule has 198 valence electrons. The Morgan fingerprint density at radius 3 is 2.41 bits per heavy atom. The number of piperazine rings is 1. The lowest BCUT2D eigenvalue weighted by molar-refractivity contribution is -0.130. The molecule has 0 radical (unpaired) electrons. The summed E-state index contributed by atoms with van der Waals surface area (Å²) in [6.07, 6.45) is 1.10. The van der Waals surface area contributed by atoms with E-state index < -0.39 is 12.3 Å². The number of hydrogen-bond acceptors (Lipinski definition) is 8. The Morgan fingerprint density at radius 1 is 1.05 bits per heavy atom. The first-order valence-electron chi connectivity index (χ1n) is 12.8. The van der Waals surface area contributed by atoms with Crippen LogP contribution >= 0.6 is 0 Å². The Bertz CT molecular complexity index is 1220. The quantitative estimate of drug-likeness (QED) is 0.515. The zero-order valence-electron chi connectivity index (χ0n) is 21.4. The van der Waals surface area contributed by atoms with Gasteiger partial charge in [0.2, 0.25) is 5.91 Å². The second-order valence-electron chi connectivity index (χ2n) is 9.96. The van der Waals surface area contributed by atoms with Crippen molar-refractivity contribution >= 4 is 17.4 Å². The highest BCUT2D eigenvalue weighted by molar-refractivity contribution is 5.73. The van der Waals surface area contributed by atoms with Gasteiger partial charge in [-0.05, 0) is 49.6 Å². The molecule has 2 saturated heterocycles. The number of piperidine rings is 1. The normalized spacial score (nSPS) is 19.2. The molecule has 2 fully saturated rings. The number of carbonyl (C=O) groups is 1. The molecule has 0 bridgehead atoms. The van der Waals surface area contributed by atoms with Crippen LogP contribution < -0.4 is 9.64 Å². The summed E-state index contributed by atoms with van der Waals surface area (Å²) in [7, 11) is 0. The first kappa shape index (κ1) is 25.3. The topological polar surface area (TPSA) is 99.3 Å². The number of aliphatic hydroxyl groups is 1. The Hall–Kier alpha value is -3.31. The number of fused-ring (bicyclic) bond motifs is 1.